The van der Waals surface area contributed by atoms with E-state index in [1.54, 1.807) is 7.11 Å². The summed E-state index contributed by atoms with van der Waals surface area (Å²) in [5.41, 5.74) is 0.551. The molecule has 0 aromatic heterocycles. The molecule has 1 saturated heterocycles. The van der Waals surface area contributed by atoms with Crippen LogP contribution in [0.3, 0.4) is 0 Å². The molecule has 0 bridgehead atoms. The monoisotopic (exact) mass is 372 g/mol. The third-order valence-electron chi connectivity index (χ3n) is 4.29. The maximum Gasteiger partial charge on any atom is 0.223 e. The van der Waals surface area contributed by atoms with E-state index in [2.05, 4.69) is 5.32 Å². The van der Waals surface area contributed by atoms with Gasteiger partial charge in [-0.25, -0.2) is 17.1 Å². The van der Waals surface area contributed by atoms with Crippen LogP contribution in [0.1, 0.15) is 25.3 Å². The van der Waals surface area contributed by atoms with Gasteiger partial charge in [0.05, 0.1) is 12.4 Å². The lowest BCUT2D eigenvalue weighted by Gasteiger charge is -2.31. The minimum absolute atomic E-state index is 0.0554. The van der Waals surface area contributed by atoms with Gasteiger partial charge in [0.15, 0.2) is 0 Å². The zero-order valence-electron chi connectivity index (χ0n) is 14.6. The van der Waals surface area contributed by atoms with Gasteiger partial charge in [-0.05, 0) is 37.5 Å². The topological polar surface area (TPSA) is 75.7 Å². The number of halogens is 1. The Morgan fingerprint density at radius 1 is 1.32 bits per heavy atom. The van der Waals surface area contributed by atoms with Crippen LogP contribution in [-0.2, 0) is 25.3 Å². The van der Waals surface area contributed by atoms with E-state index in [1.165, 1.54) is 28.6 Å². The van der Waals surface area contributed by atoms with Crippen molar-refractivity contribution in [3.05, 3.63) is 35.6 Å². The first-order valence-corrected chi connectivity index (χ1v) is 9.94. The number of nitrogens with one attached hydrogen (secondary N) is 1. The first-order chi connectivity index (χ1) is 11.8. The van der Waals surface area contributed by atoms with Crippen LogP contribution in [0.25, 0.3) is 0 Å². The molecular weight excluding hydrogens is 347 g/mol. The highest BCUT2D eigenvalue weighted by molar-refractivity contribution is 7.88. The van der Waals surface area contributed by atoms with Gasteiger partial charge in [-0.15, -0.1) is 0 Å². The highest BCUT2D eigenvalue weighted by Crippen LogP contribution is 2.22. The molecular formula is C17H25FN2O4S. The number of rotatable bonds is 7. The molecule has 1 aromatic rings. The van der Waals surface area contributed by atoms with Gasteiger partial charge < -0.3 is 10.1 Å². The molecule has 140 valence electrons. The molecule has 0 aliphatic carbocycles. The van der Waals surface area contributed by atoms with Crippen molar-refractivity contribution in [3.63, 3.8) is 0 Å². The summed E-state index contributed by atoms with van der Waals surface area (Å²) >= 11 is 0. The van der Waals surface area contributed by atoms with E-state index in [9.17, 15) is 17.6 Å². The molecule has 2 rings (SSSR count). The molecule has 25 heavy (non-hydrogen) atoms. The number of ether oxygens (including phenoxy) is 1. The van der Waals surface area contributed by atoms with Crippen molar-refractivity contribution >= 4 is 15.9 Å². The van der Waals surface area contributed by atoms with Crippen LogP contribution in [0, 0.1) is 11.7 Å². The number of carbonyl (C=O) groups is 1. The van der Waals surface area contributed by atoms with Gasteiger partial charge in [0.2, 0.25) is 15.9 Å². The van der Waals surface area contributed by atoms with Gasteiger partial charge in [0.25, 0.3) is 0 Å². The fraction of sp³-hybridized carbons (Fsp3) is 0.588. The Bertz CT molecular complexity index is 670. The number of nitrogens with zero attached hydrogens (tertiary/aromatic N) is 1. The molecule has 1 amide bonds. The van der Waals surface area contributed by atoms with Gasteiger partial charge in [-0.3, -0.25) is 4.79 Å². The number of benzene rings is 1. The lowest BCUT2D eigenvalue weighted by Crippen LogP contribution is -2.45. The molecule has 0 unspecified atom stereocenters. The third-order valence-corrected chi connectivity index (χ3v) is 6.14. The van der Waals surface area contributed by atoms with Gasteiger partial charge in [-0.2, -0.15) is 0 Å². The van der Waals surface area contributed by atoms with Crippen molar-refractivity contribution in [2.75, 3.05) is 26.8 Å². The summed E-state index contributed by atoms with van der Waals surface area (Å²) < 4.78 is 44.3. The Hall–Kier alpha value is -1.51. The zero-order chi connectivity index (χ0) is 18.4. The Balaban J connectivity index is 1.88. The van der Waals surface area contributed by atoms with E-state index in [1.807, 2.05) is 6.92 Å². The Morgan fingerprint density at radius 3 is 2.48 bits per heavy atom. The van der Waals surface area contributed by atoms with Crippen molar-refractivity contribution in [1.82, 2.24) is 9.62 Å². The number of carbonyl (C=O) groups excluding carboxylic acids is 1. The minimum Gasteiger partial charge on any atom is -0.383 e. The zero-order valence-corrected chi connectivity index (χ0v) is 15.4. The van der Waals surface area contributed by atoms with Crippen molar-refractivity contribution in [3.8, 4) is 0 Å². The smallest absolute Gasteiger partial charge is 0.223 e. The molecule has 0 spiro atoms. The fourth-order valence-corrected chi connectivity index (χ4v) is 4.49. The number of piperidine rings is 1. The SMILES string of the molecule is COC[C@@H](C)NC(=O)C1CCN(S(=O)(=O)Cc2ccc(F)cc2)CC1. The lowest BCUT2D eigenvalue weighted by molar-refractivity contribution is -0.127. The summed E-state index contributed by atoms with van der Waals surface area (Å²) in [6.07, 6.45) is 0.988. The fourth-order valence-electron chi connectivity index (χ4n) is 2.93. The molecule has 1 fully saturated rings. The van der Waals surface area contributed by atoms with Crippen LogP contribution in [0.4, 0.5) is 4.39 Å². The van der Waals surface area contributed by atoms with Crippen molar-refractivity contribution in [1.29, 1.82) is 0 Å². The second-order valence-corrected chi connectivity index (χ2v) is 8.39. The van der Waals surface area contributed by atoms with E-state index < -0.39 is 15.8 Å². The van der Waals surface area contributed by atoms with E-state index in [0.29, 0.717) is 38.1 Å². The van der Waals surface area contributed by atoms with E-state index >= 15 is 0 Å². The van der Waals surface area contributed by atoms with Crippen LogP contribution >= 0.6 is 0 Å². The Kier molecular flexibility index (Phi) is 6.92. The van der Waals surface area contributed by atoms with E-state index in [0.717, 1.165) is 0 Å². The van der Waals surface area contributed by atoms with Crippen molar-refractivity contribution in [2.24, 2.45) is 5.92 Å². The number of methoxy groups -OCH3 is 1. The summed E-state index contributed by atoms with van der Waals surface area (Å²) in [6, 6.07) is 5.39. The van der Waals surface area contributed by atoms with Crippen LogP contribution in [-0.4, -0.2) is 51.5 Å². The first-order valence-electron chi connectivity index (χ1n) is 8.33. The Labute approximate surface area is 148 Å². The lowest BCUT2D eigenvalue weighted by atomic mass is 9.97. The van der Waals surface area contributed by atoms with Crippen LogP contribution in [0.2, 0.25) is 0 Å². The minimum atomic E-state index is -3.47. The molecule has 1 heterocycles. The quantitative estimate of drug-likeness (QED) is 0.787. The van der Waals surface area contributed by atoms with E-state index in [-0.39, 0.29) is 23.6 Å². The highest BCUT2D eigenvalue weighted by Gasteiger charge is 2.31. The van der Waals surface area contributed by atoms with Gasteiger partial charge in [-0.1, -0.05) is 12.1 Å². The normalized spacial score (nSPS) is 18.0. The molecule has 0 saturated carbocycles. The van der Waals surface area contributed by atoms with Crippen LogP contribution < -0.4 is 5.32 Å². The molecule has 1 aromatic carbocycles. The van der Waals surface area contributed by atoms with Crippen molar-refractivity contribution in [2.45, 2.75) is 31.6 Å². The van der Waals surface area contributed by atoms with Crippen LogP contribution in [0.15, 0.2) is 24.3 Å². The summed E-state index contributed by atoms with van der Waals surface area (Å²) in [5, 5.41) is 2.88. The molecule has 1 aliphatic rings. The van der Waals surface area contributed by atoms with Gasteiger partial charge in [0.1, 0.15) is 5.82 Å². The average molecular weight is 372 g/mol. The predicted octanol–water partition coefficient (Wildman–Crippen LogP) is 1.52. The summed E-state index contributed by atoms with van der Waals surface area (Å²) in [5.74, 6) is -0.790. The standard InChI is InChI=1S/C17H25FN2O4S/c1-13(11-24-2)19-17(21)15-7-9-20(10-8-15)25(22,23)12-14-3-5-16(18)6-4-14/h3-6,13,15H,7-12H2,1-2H3,(H,19,21)/t13-/m1/s1. The number of hydrogen-bond donors (Lipinski definition) is 1. The summed E-state index contributed by atoms with van der Waals surface area (Å²) in [7, 11) is -1.89. The molecule has 6 nitrogen and oxygen atoms in total. The largest absolute Gasteiger partial charge is 0.383 e. The average Bonchev–Trinajstić information content (AvgIpc) is 2.57. The van der Waals surface area contributed by atoms with Gasteiger partial charge >= 0.3 is 0 Å². The summed E-state index contributed by atoms with van der Waals surface area (Å²) in [4.78, 5) is 12.2. The maximum atomic E-state index is 12.9. The second kappa shape index (κ2) is 8.73. The van der Waals surface area contributed by atoms with Gasteiger partial charge in [0, 0.05) is 32.2 Å². The highest BCUT2D eigenvalue weighted by atomic mass is 32.2. The number of amides is 1. The molecule has 1 N–H and O–H groups in total. The predicted molar refractivity (Wildman–Crippen MR) is 92.8 cm³/mol. The van der Waals surface area contributed by atoms with E-state index in [4.69, 9.17) is 4.74 Å². The number of hydrogen-bond acceptors (Lipinski definition) is 4. The molecule has 0 radical (unpaired) electrons. The Morgan fingerprint density at radius 2 is 1.92 bits per heavy atom. The summed E-state index contributed by atoms with van der Waals surface area (Å²) in [6.45, 7) is 2.95. The molecule has 1 aliphatic heterocycles. The third kappa shape index (κ3) is 5.76. The van der Waals surface area contributed by atoms with Crippen LogP contribution in [0.5, 0.6) is 0 Å². The molecule has 8 heteroatoms. The molecule has 1 atom stereocenters. The maximum absolute atomic E-state index is 12.9. The number of sulfonamides is 1. The first kappa shape index (κ1) is 19.8. The van der Waals surface area contributed by atoms with Crippen molar-refractivity contribution < 1.29 is 22.3 Å². The second-order valence-electron chi connectivity index (χ2n) is 6.42.